The summed E-state index contributed by atoms with van der Waals surface area (Å²) in [6, 6.07) is 12.1. The second-order valence-corrected chi connectivity index (χ2v) is 5.80. The first kappa shape index (κ1) is 13.9. The maximum Gasteiger partial charge on any atom is 0.328 e. The lowest BCUT2D eigenvalue weighted by atomic mass is 9.85. The Morgan fingerprint density at radius 3 is 2.65 bits per heavy atom. The van der Waals surface area contributed by atoms with Gasteiger partial charge in [0.2, 0.25) is 6.79 Å². The van der Waals surface area contributed by atoms with Crippen LogP contribution in [0.15, 0.2) is 42.5 Å². The topological polar surface area (TPSA) is 55.8 Å². The molecule has 4 nitrogen and oxygen atoms in total. The Morgan fingerprint density at radius 1 is 1.00 bits per heavy atom. The number of hydrogen-bond acceptors (Lipinski definition) is 3. The largest absolute Gasteiger partial charge is 0.478 e. The second-order valence-electron chi connectivity index (χ2n) is 5.80. The van der Waals surface area contributed by atoms with Crippen molar-refractivity contribution in [3.05, 3.63) is 53.6 Å². The molecule has 4 rings (SSSR count). The predicted octanol–water partition coefficient (Wildman–Crippen LogP) is 3.89. The van der Waals surface area contributed by atoms with Gasteiger partial charge in [-0.1, -0.05) is 18.2 Å². The van der Waals surface area contributed by atoms with Gasteiger partial charge in [-0.05, 0) is 65.3 Å². The monoisotopic (exact) mass is 308 g/mol. The highest BCUT2D eigenvalue weighted by Crippen LogP contribution is 2.38. The standard InChI is InChI=1S/C19H16O4/c20-19(21)10-15-3-1-2-12-4-5-13(8-16(12)15)14-6-7-17-18(9-14)23-11-22-17/h4-10H,1-3,11H2,(H,20,21)/b15-10+. The molecule has 0 saturated heterocycles. The third-order valence-electron chi connectivity index (χ3n) is 4.35. The minimum atomic E-state index is -0.888. The fraction of sp³-hybridized carbons (Fsp3) is 0.211. The van der Waals surface area contributed by atoms with Crippen LogP contribution in [0.3, 0.4) is 0 Å². The number of rotatable bonds is 2. The highest BCUT2D eigenvalue weighted by Gasteiger charge is 2.18. The smallest absolute Gasteiger partial charge is 0.328 e. The van der Waals surface area contributed by atoms with Crippen LogP contribution in [0.25, 0.3) is 16.7 Å². The summed E-state index contributed by atoms with van der Waals surface area (Å²) in [6.07, 6.45) is 4.13. The third kappa shape index (κ3) is 2.57. The van der Waals surface area contributed by atoms with Gasteiger partial charge in [0.05, 0.1) is 0 Å². The molecule has 2 aliphatic rings. The summed E-state index contributed by atoms with van der Waals surface area (Å²) in [5, 5.41) is 9.08. The molecular formula is C19H16O4. The molecule has 4 heteroatoms. The number of carboxylic acid groups (broad SMARTS) is 1. The van der Waals surface area contributed by atoms with E-state index in [0.29, 0.717) is 0 Å². The number of fused-ring (bicyclic) bond motifs is 2. The van der Waals surface area contributed by atoms with E-state index in [0.717, 1.165) is 53.0 Å². The first-order valence-electron chi connectivity index (χ1n) is 7.67. The van der Waals surface area contributed by atoms with Crippen LogP contribution in [0.5, 0.6) is 11.5 Å². The summed E-state index contributed by atoms with van der Waals surface area (Å²) in [5.41, 5.74) is 5.26. The SMILES string of the molecule is O=C(O)/C=C1\CCCc2ccc(-c3ccc4c(c3)OCO4)cc21. The number of hydrogen-bond donors (Lipinski definition) is 1. The van der Waals surface area contributed by atoms with Crippen LogP contribution in [0.2, 0.25) is 0 Å². The van der Waals surface area contributed by atoms with E-state index in [1.165, 1.54) is 11.6 Å². The fourth-order valence-corrected chi connectivity index (χ4v) is 3.25. The van der Waals surface area contributed by atoms with E-state index >= 15 is 0 Å². The van der Waals surface area contributed by atoms with E-state index in [2.05, 4.69) is 18.2 Å². The summed E-state index contributed by atoms with van der Waals surface area (Å²) in [6.45, 7) is 0.258. The van der Waals surface area contributed by atoms with E-state index in [1.54, 1.807) is 0 Å². The Labute approximate surface area is 134 Å². The Balaban J connectivity index is 1.78. The summed E-state index contributed by atoms with van der Waals surface area (Å²) in [4.78, 5) is 11.1. The van der Waals surface area contributed by atoms with Crippen molar-refractivity contribution in [1.29, 1.82) is 0 Å². The van der Waals surface area contributed by atoms with Gasteiger partial charge in [-0.2, -0.15) is 0 Å². The molecule has 0 bridgehead atoms. The summed E-state index contributed by atoms with van der Waals surface area (Å²) in [7, 11) is 0. The molecular weight excluding hydrogens is 292 g/mol. The Hall–Kier alpha value is -2.75. The van der Waals surface area contributed by atoms with E-state index in [-0.39, 0.29) is 6.79 Å². The van der Waals surface area contributed by atoms with Gasteiger partial charge < -0.3 is 14.6 Å². The molecule has 0 amide bonds. The molecule has 0 spiro atoms. The van der Waals surface area contributed by atoms with Gasteiger partial charge in [0.25, 0.3) is 0 Å². The van der Waals surface area contributed by atoms with Crippen LogP contribution in [0.1, 0.15) is 24.0 Å². The van der Waals surface area contributed by atoms with E-state index in [9.17, 15) is 4.79 Å². The molecule has 23 heavy (non-hydrogen) atoms. The first-order valence-corrected chi connectivity index (χ1v) is 7.67. The maximum atomic E-state index is 11.1. The predicted molar refractivity (Wildman–Crippen MR) is 86.6 cm³/mol. The van der Waals surface area contributed by atoms with Crippen molar-refractivity contribution in [3.63, 3.8) is 0 Å². The van der Waals surface area contributed by atoms with Gasteiger partial charge in [-0.3, -0.25) is 0 Å². The highest BCUT2D eigenvalue weighted by molar-refractivity contribution is 5.91. The lowest BCUT2D eigenvalue weighted by Gasteiger charge is -2.20. The molecule has 0 unspecified atom stereocenters. The van der Waals surface area contributed by atoms with Gasteiger partial charge >= 0.3 is 5.97 Å². The first-order chi connectivity index (χ1) is 11.2. The number of benzene rings is 2. The van der Waals surface area contributed by atoms with Crippen LogP contribution in [0.4, 0.5) is 0 Å². The zero-order valence-electron chi connectivity index (χ0n) is 12.5. The Kier molecular flexibility index (Phi) is 3.30. The average molecular weight is 308 g/mol. The normalized spacial score (nSPS) is 17.1. The molecule has 0 fully saturated rings. The van der Waals surface area contributed by atoms with Crippen LogP contribution in [-0.2, 0) is 11.2 Å². The minimum Gasteiger partial charge on any atom is -0.478 e. The van der Waals surface area contributed by atoms with Gasteiger partial charge in [0, 0.05) is 6.08 Å². The van der Waals surface area contributed by atoms with Crippen molar-refractivity contribution >= 4 is 11.5 Å². The van der Waals surface area contributed by atoms with Gasteiger partial charge in [0.15, 0.2) is 11.5 Å². The van der Waals surface area contributed by atoms with Crippen LogP contribution in [0, 0.1) is 0 Å². The number of carboxylic acids is 1. The average Bonchev–Trinajstić information content (AvgIpc) is 3.02. The fourth-order valence-electron chi connectivity index (χ4n) is 3.25. The molecule has 116 valence electrons. The molecule has 1 aliphatic heterocycles. The Morgan fingerprint density at radius 2 is 1.78 bits per heavy atom. The molecule has 2 aromatic carbocycles. The minimum absolute atomic E-state index is 0.258. The van der Waals surface area contributed by atoms with E-state index in [1.807, 2.05) is 18.2 Å². The Bertz CT molecular complexity index is 820. The van der Waals surface area contributed by atoms with Gasteiger partial charge in [-0.15, -0.1) is 0 Å². The van der Waals surface area contributed by atoms with Crippen LogP contribution in [-0.4, -0.2) is 17.9 Å². The van der Waals surface area contributed by atoms with Gasteiger partial charge in [-0.25, -0.2) is 4.79 Å². The quantitative estimate of drug-likeness (QED) is 0.855. The van der Waals surface area contributed by atoms with Crippen molar-refractivity contribution in [2.45, 2.75) is 19.3 Å². The zero-order valence-corrected chi connectivity index (χ0v) is 12.5. The molecule has 2 aromatic rings. The number of ether oxygens (including phenoxy) is 2. The summed E-state index contributed by atoms with van der Waals surface area (Å²) in [5.74, 6) is 0.626. The van der Waals surface area contributed by atoms with Crippen molar-refractivity contribution < 1.29 is 19.4 Å². The number of carbonyl (C=O) groups is 1. The van der Waals surface area contributed by atoms with Gasteiger partial charge in [0.1, 0.15) is 0 Å². The summed E-state index contributed by atoms with van der Waals surface area (Å²) >= 11 is 0. The number of allylic oxidation sites excluding steroid dienone is 1. The molecule has 1 N–H and O–H groups in total. The lowest BCUT2D eigenvalue weighted by Crippen LogP contribution is -2.04. The van der Waals surface area contributed by atoms with Crippen molar-refractivity contribution in [1.82, 2.24) is 0 Å². The molecule has 0 radical (unpaired) electrons. The molecule has 0 aromatic heterocycles. The zero-order chi connectivity index (χ0) is 15.8. The number of aliphatic carboxylic acids is 1. The summed E-state index contributed by atoms with van der Waals surface area (Å²) < 4.78 is 10.8. The van der Waals surface area contributed by atoms with Crippen molar-refractivity contribution in [2.75, 3.05) is 6.79 Å². The molecule has 1 heterocycles. The highest BCUT2D eigenvalue weighted by atomic mass is 16.7. The maximum absolute atomic E-state index is 11.1. The molecule has 0 atom stereocenters. The second kappa shape index (κ2) is 5.47. The molecule has 0 saturated carbocycles. The van der Waals surface area contributed by atoms with Crippen molar-refractivity contribution in [2.24, 2.45) is 0 Å². The van der Waals surface area contributed by atoms with Crippen molar-refractivity contribution in [3.8, 4) is 22.6 Å². The number of aryl methyl sites for hydroxylation is 1. The van der Waals surface area contributed by atoms with E-state index in [4.69, 9.17) is 14.6 Å². The van der Waals surface area contributed by atoms with Crippen LogP contribution >= 0.6 is 0 Å². The lowest BCUT2D eigenvalue weighted by molar-refractivity contribution is -0.131. The van der Waals surface area contributed by atoms with E-state index < -0.39 is 5.97 Å². The van der Waals surface area contributed by atoms with Crippen LogP contribution < -0.4 is 9.47 Å². The molecule has 1 aliphatic carbocycles. The third-order valence-corrected chi connectivity index (χ3v) is 4.35.